The Morgan fingerprint density at radius 3 is 2.70 bits per heavy atom. The minimum Gasteiger partial charge on any atom is -0.487 e. The molecule has 1 atom stereocenters. The molecule has 0 fully saturated rings. The van der Waals surface area contributed by atoms with Crippen molar-refractivity contribution in [3.8, 4) is 11.6 Å². The molecule has 0 spiro atoms. The van der Waals surface area contributed by atoms with Crippen LogP contribution in [-0.2, 0) is 6.61 Å². The number of nitrogens with two attached hydrogens (primary N) is 1. The number of aromatic nitrogens is 1. The third-order valence-electron chi connectivity index (χ3n) is 3.12. The van der Waals surface area contributed by atoms with Gasteiger partial charge in [-0.05, 0) is 18.6 Å². The first kappa shape index (κ1) is 14.3. The summed E-state index contributed by atoms with van der Waals surface area (Å²) in [5, 5.41) is 0. The molecular formula is C16H20N2O2. The van der Waals surface area contributed by atoms with Crippen LogP contribution in [0.25, 0.3) is 0 Å². The molecule has 0 aliphatic rings. The Balaban J connectivity index is 2.10. The molecule has 4 nitrogen and oxygen atoms in total. The largest absolute Gasteiger partial charge is 0.487 e. The lowest BCUT2D eigenvalue weighted by Crippen LogP contribution is -2.11. The zero-order valence-corrected chi connectivity index (χ0v) is 11.9. The molecule has 2 rings (SSSR count). The van der Waals surface area contributed by atoms with E-state index in [0.717, 1.165) is 23.4 Å². The molecule has 2 aromatic rings. The molecule has 2 N–H and O–H groups in total. The molecule has 1 aromatic heterocycles. The van der Waals surface area contributed by atoms with Crippen LogP contribution in [0.15, 0.2) is 42.5 Å². The Bertz CT molecular complexity index is 558. The van der Waals surface area contributed by atoms with E-state index in [1.807, 2.05) is 42.5 Å². The fraction of sp³-hybridized carbons (Fsp3) is 0.312. The average Bonchev–Trinajstić information content (AvgIpc) is 2.52. The number of hydrogen-bond acceptors (Lipinski definition) is 4. The monoisotopic (exact) mass is 272 g/mol. The fourth-order valence-electron chi connectivity index (χ4n) is 1.94. The maximum Gasteiger partial charge on any atom is 0.213 e. The van der Waals surface area contributed by atoms with Crippen LogP contribution in [0.1, 0.15) is 30.6 Å². The Hall–Kier alpha value is -2.07. The molecule has 0 bridgehead atoms. The molecule has 4 heteroatoms. The number of hydrogen-bond donors (Lipinski definition) is 1. The van der Waals surface area contributed by atoms with Crippen LogP contribution in [0, 0.1) is 0 Å². The number of para-hydroxylation sites is 1. The van der Waals surface area contributed by atoms with Crippen LogP contribution >= 0.6 is 0 Å². The third kappa shape index (κ3) is 3.48. The van der Waals surface area contributed by atoms with Crippen molar-refractivity contribution in [1.82, 2.24) is 4.98 Å². The van der Waals surface area contributed by atoms with Crippen LogP contribution in [0.2, 0.25) is 0 Å². The summed E-state index contributed by atoms with van der Waals surface area (Å²) in [4.78, 5) is 4.32. The molecule has 1 unspecified atom stereocenters. The smallest absolute Gasteiger partial charge is 0.213 e. The molecule has 0 aliphatic carbocycles. The molecule has 0 radical (unpaired) electrons. The minimum absolute atomic E-state index is 0.00975. The van der Waals surface area contributed by atoms with Gasteiger partial charge in [-0.3, -0.25) is 0 Å². The van der Waals surface area contributed by atoms with E-state index in [1.54, 1.807) is 7.11 Å². The normalized spacial score (nSPS) is 11.9. The maximum absolute atomic E-state index is 6.09. The van der Waals surface area contributed by atoms with Gasteiger partial charge in [-0.1, -0.05) is 31.2 Å². The summed E-state index contributed by atoms with van der Waals surface area (Å²) < 4.78 is 10.9. The van der Waals surface area contributed by atoms with E-state index in [9.17, 15) is 0 Å². The molecule has 106 valence electrons. The molecule has 0 saturated heterocycles. The molecular weight excluding hydrogens is 252 g/mol. The lowest BCUT2D eigenvalue weighted by molar-refractivity contribution is 0.293. The highest BCUT2D eigenvalue weighted by molar-refractivity contribution is 5.35. The van der Waals surface area contributed by atoms with Crippen molar-refractivity contribution >= 4 is 0 Å². The molecule has 1 heterocycles. The van der Waals surface area contributed by atoms with E-state index in [1.165, 1.54) is 0 Å². The van der Waals surface area contributed by atoms with E-state index in [4.69, 9.17) is 15.2 Å². The van der Waals surface area contributed by atoms with Crippen LogP contribution in [0.5, 0.6) is 11.6 Å². The number of pyridine rings is 1. The summed E-state index contributed by atoms with van der Waals surface area (Å²) in [6.07, 6.45) is 0.873. The Morgan fingerprint density at radius 2 is 1.95 bits per heavy atom. The second kappa shape index (κ2) is 6.91. The van der Waals surface area contributed by atoms with Gasteiger partial charge in [-0.25, -0.2) is 4.98 Å². The first-order chi connectivity index (χ1) is 9.74. The van der Waals surface area contributed by atoms with Crippen LogP contribution in [0.4, 0.5) is 0 Å². The van der Waals surface area contributed by atoms with Crippen molar-refractivity contribution in [1.29, 1.82) is 0 Å². The second-order valence-electron chi connectivity index (χ2n) is 4.51. The Labute approximate surface area is 119 Å². The van der Waals surface area contributed by atoms with Gasteiger partial charge in [0.2, 0.25) is 5.88 Å². The molecule has 0 saturated carbocycles. The highest BCUT2D eigenvalue weighted by Crippen LogP contribution is 2.26. The number of methoxy groups -OCH3 is 1. The maximum atomic E-state index is 6.09. The number of rotatable bonds is 6. The summed E-state index contributed by atoms with van der Waals surface area (Å²) >= 11 is 0. The highest BCUT2D eigenvalue weighted by Gasteiger charge is 2.10. The minimum atomic E-state index is -0.00975. The summed E-state index contributed by atoms with van der Waals surface area (Å²) in [6, 6.07) is 13.5. The van der Waals surface area contributed by atoms with Gasteiger partial charge >= 0.3 is 0 Å². The highest BCUT2D eigenvalue weighted by atomic mass is 16.5. The zero-order valence-electron chi connectivity index (χ0n) is 11.9. The Kier molecular flexibility index (Phi) is 4.96. The number of nitrogens with zero attached hydrogens (tertiary/aromatic N) is 1. The standard InChI is InChI=1S/C16H20N2O2/c1-3-14(17)13-8-4-5-9-15(13)20-11-12-7-6-10-16(18-12)19-2/h4-10,14H,3,11,17H2,1-2H3. The second-order valence-corrected chi connectivity index (χ2v) is 4.51. The molecule has 0 amide bonds. The van der Waals surface area contributed by atoms with Crippen LogP contribution < -0.4 is 15.2 Å². The van der Waals surface area contributed by atoms with Gasteiger partial charge in [0.05, 0.1) is 12.8 Å². The average molecular weight is 272 g/mol. The summed E-state index contributed by atoms with van der Waals surface area (Å²) in [6.45, 7) is 2.45. The van der Waals surface area contributed by atoms with Crippen molar-refractivity contribution in [3.05, 3.63) is 53.7 Å². The van der Waals surface area contributed by atoms with E-state index in [2.05, 4.69) is 11.9 Å². The lowest BCUT2D eigenvalue weighted by Gasteiger charge is -2.15. The van der Waals surface area contributed by atoms with Crippen molar-refractivity contribution in [2.75, 3.05) is 7.11 Å². The van der Waals surface area contributed by atoms with Crippen molar-refractivity contribution in [2.45, 2.75) is 26.0 Å². The van der Waals surface area contributed by atoms with Gasteiger partial charge in [0.1, 0.15) is 12.4 Å². The van der Waals surface area contributed by atoms with E-state index >= 15 is 0 Å². The molecule has 20 heavy (non-hydrogen) atoms. The predicted molar refractivity (Wildman–Crippen MR) is 78.8 cm³/mol. The van der Waals surface area contributed by atoms with Crippen molar-refractivity contribution in [3.63, 3.8) is 0 Å². The van der Waals surface area contributed by atoms with E-state index in [0.29, 0.717) is 12.5 Å². The SMILES string of the molecule is CCC(N)c1ccccc1OCc1cccc(OC)n1. The summed E-state index contributed by atoms with van der Waals surface area (Å²) in [5.74, 6) is 1.40. The van der Waals surface area contributed by atoms with E-state index < -0.39 is 0 Å². The molecule has 1 aromatic carbocycles. The number of benzene rings is 1. The summed E-state index contributed by atoms with van der Waals surface area (Å²) in [7, 11) is 1.60. The quantitative estimate of drug-likeness (QED) is 0.878. The van der Waals surface area contributed by atoms with Crippen molar-refractivity contribution in [2.24, 2.45) is 5.73 Å². The van der Waals surface area contributed by atoms with Crippen molar-refractivity contribution < 1.29 is 9.47 Å². The molecule has 0 aliphatic heterocycles. The van der Waals surface area contributed by atoms with Gasteiger partial charge in [0, 0.05) is 17.7 Å². The van der Waals surface area contributed by atoms with Gasteiger partial charge in [0.15, 0.2) is 0 Å². The third-order valence-corrected chi connectivity index (χ3v) is 3.12. The Morgan fingerprint density at radius 1 is 1.15 bits per heavy atom. The first-order valence-corrected chi connectivity index (χ1v) is 6.71. The lowest BCUT2D eigenvalue weighted by atomic mass is 10.0. The predicted octanol–water partition coefficient (Wildman–Crippen LogP) is 3.08. The fourth-order valence-corrected chi connectivity index (χ4v) is 1.94. The summed E-state index contributed by atoms with van der Waals surface area (Å²) in [5.41, 5.74) is 7.94. The zero-order chi connectivity index (χ0) is 14.4. The van der Waals surface area contributed by atoms with Gasteiger partial charge in [-0.2, -0.15) is 0 Å². The van der Waals surface area contributed by atoms with E-state index in [-0.39, 0.29) is 6.04 Å². The van der Waals surface area contributed by atoms with Crippen LogP contribution in [0.3, 0.4) is 0 Å². The first-order valence-electron chi connectivity index (χ1n) is 6.71. The van der Waals surface area contributed by atoms with Gasteiger partial charge in [-0.15, -0.1) is 0 Å². The van der Waals surface area contributed by atoms with Gasteiger partial charge in [0.25, 0.3) is 0 Å². The topological polar surface area (TPSA) is 57.4 Å². The van der Waals surface area contributed by atoms with Gasteiger partial charge < -0.3 is 15.2 Å². The number of ether oxygens (including phenoxy) is 2. The van der Waals surface area contributed by atoms with Crippen LogP contribution in [-0.4, -0.2) is 12.1 Å².